The van der Waals surface area contributed by atoms with E-state index < -0.39 is 29.9 Å². The smallest absolute Gasteiger partial charge is 0.422 e. The number of rotatable bonds is 5. The molecule has 4 aliphatic rings. The SMILES string of the molecule is O=C([C@@H]1C[NH2+]C[C@]12C[NH2+]Cc1c(OCC(F)(F)F)ccc(F)c12)N1CC[C@@H](c2ccccc2)C[C@H]1C1CCCCC1. The lowest BCUT2D eigenvalue weighted by Crippen LogP contribution is -2.91. The Hall–Kier alpha value is -2.65. The quantitative estimate of drug-likeness (QED) is 0.535. The Kier molecular flexibility index (Phi) is 8.02. The van der Waals surface area contributed by atoms with Gasteiger partial charge in [-0.25, -0.2) is 4.39 Å². The molecule has 1 spiro atoms. The maximum absolute atomic E-state index is 15.7. The highest BCUT2D eigenvalue weighted by molar-refractivity contribution is 5.82. The predicted molar refractivity (Wildman–Crippen MR) is 146 cm³/mol. The van der Waals surface area contributed by atoms with Crippen molar-refractivity contribution in [3.63, 3.8) is 0 Å². The van der Waals surface area contributed by atoms with Gasteiger partial charge in [0, 0.05) is 18.2 Å². The Morgan fingerprint density at radius 1 is 1.00 bits per heavy atom. The number of piperidine rings is 1. The van der Waals surface area contributed by atoms with Gasteiger partial charge < -0.3 is 20.3 Å². The topological polar surface area (TPSA) is 62.8 Å². The number of benzene rings is 2. The van der Waals surface area contributed by atoms with Gasteiger partial charge in [-0.2, -0.15) is 13.2 Å². The van der Waals surface area contributed by atoms with E-state index in [2.05, 4.69) is 34.5 Å². The fraction of sp³-hybridized carbons (Fsp3) is 0.594. The third kappa shape index (κ3) is 5.59. The number of halogens is 4. The van der Waals surface area contributed by atoms with E-state index in [1.807, 2.05) is 11.4 Å². The zero-order chi connectivity index (χ0) is 28.6. The van der Waals surface area contributed by atoms with Crippen molar-refractivity contribution < 1.29 is 37.7 Å². The van der Waals surface area contributed by atoms with Gasteiger partial charge in [-0.15, -0.1) is 0 Å². The number of hydrogen-bond donors (Lipinski definition) is 2. The lowest BCUT2D eigenvalue weighted by Gasteiger charge is -2.47. The molecule has 41 heavy (non-hydrogen) atoms. The number of alkyl halides is 3. The molecule has 0 bridgehead atoms. The first kappa shape index (κ1) is 28.5. The van der Waals surface area contributed by atoms with Crippen molar-refractivity contribution in [2.24, 2.45) is 11.8 Å². The molecular formula is C32H41F4N3O2+2. The Morgan fingerprint density at radius 2 is 1.76 bits per heavy atom. The highest BCUT2D eigenvalue weighted by atomic mass is 19.4. The Balaban J connectivity index is 1.31. The molecule has 0 aromatic heterocycles. The molecule has 3 fully saturated rings. The largest absolute Gasteiger partial charge is 0.484 e. The van der Waals surface area contributed by atoms with Crippen LogP contribution >= 0.6 is 0 Å². The van der Waals surface area contributed by atoms with Crippen LogP contribution in [0, 0.1) is 17.7 Å². The van der Waals surface area contributed by atoms with Crippen LogP contribution < -0.4 is 15.4 Å². The highest BCUT2D eigenvalue weighted by Crippen LogP contribution is 2.44. The van der Waals surface area contributed by atoms with E-state index in [1.165, 1.54) is 37.0 Å². The number of hydrogen-bond acceptors (Lipinski definition) is 2. The van der Waals surface area contributed by atoms with Crippen LogP contribution in [-0.2, 0) is 16.8 Å². The fourth-order valence-corrected chi connectivity index (χ4v) is 8.39. The second-order valence-electron chi connectivity index (χ2n) is 12.6. The maximum Gasteiger partial charge on any atom is 0.422 e. The van der Waals surface area contributed by atoms with Gasteiger partial charge in [-0.3, -0.25) is 4.79 Å². The summed E-state index contributed by atoms with van der Waals surface area (Å²) in [4.78, 5) is 16.8. The van der Waals surface area contributed by atoms with E-state index >= 15 is 4.39 Å². The molecule has 2 aromatic rings. The van der Waals surface area contributed by atoms with Gasteiger partial charge in [0.2, 0.25) is 5.91 Å². The normalized spacial score (nSPS) is 29.0. The Morgan fingerprint density at radius 3 is 2.51 bits per heavy atom. The summed E-state index contributed by atoms with van der Waals surface area (Å²) in [5, 5.41) is 4.09. The Labute approximate surface area is 239 Å². The monoisotopic (exact) mass is 575 g/mol. The van der Waals surface area contributed by atoms with Gasteiger partial charge in [0.15, 0.2) is 6.61 Å². The number of ether oxygens (including phenoxy) is 1. The second-order valence-corrected chi connectivity index (χ2v) is 12.6. The molecule has 3 heterocycles. The summed E-state index contributed by atoms with van der Waals surface area (Å²) in [5.74, 6) is 0.131. The van der Waals surface area contributed by atoms with E-state index in [9.17, 15) is 18.0 Å². The van der Waals surface area contributed by atoms with Crippen molar-refractivity contribution in [3.05, 3.63) is 65.0 Å². The zero-order valence-electron chi connectivity index (χ0n) is 23.5. The molecular weight excluding hydrogens is 534 g/mol. The summed E-state index contributed by atoms with van der Waals surface area (Å²) in [7, 11) is 0. The van der Waals surface area contributed by atoms with Crippen LogP contribution in [-0.4, -0.2) is 55.8 Å². The predicted octanol–water partition coefficient (Wildman–Crippen LogP) is 3.63. The molecule has 5 nitrogen and oxygen atoms in total. The zero-order valence-corrected chi connectivity index (χ0v) is 23.5. The third-order valence-electron chi connectivity index (χ3n) is 10.2. The number of fused-ring (bicyclic) bond motifs is 2. The number of likely N-dealkylation sites (tertiary alicyclic amines) is 1. The minimum Gasteiger partial charge on any atom is -0.484 e. The standard InChI is InChI=1S/C32H39F4N3O2/c33-26-11-12-28(41-20-32(34,35)36)24-16-37-18-31(29(24)26)19-38-17-25(31)30(40)39-14-13-23(21-7-3-1-4-8-21)15-27(39)22-9-5-2-6-10-22/h1,3-4,7-8,11-12,22-23,25,27,37-38H,2,5-6,9-10,13-20H2/p+2/t23-,25+,27+,31-/m1/s1. The first-order valence-electron chi connectivity index (χ1n) is 15.3. The number of nitrogens with two attached hydrogens (primary N) is 2. The summed E-state index contributed by atoms with van der Waals surface area (Å²) in [5.41, 5.74) is 1.38. The third-order valence-corrected chi connectivity index (χ3v) is 10.2. The molecule has 0 unspecified atom stereocenters. The highest BCUT2D eigenvalue weighted by Gasteiger charge is 2.58. The van der Waals surface area contributed by atoms with E-state index in [0.717, 1.165) is 25.7 Å². The van der Waals surface area contributed by atoms with Gasteiger partial charge in [0.05, 0.1) is 25.2 Å². The van der Waals surface area contributed by atoms with E-state index in [-0.39, 0.29) is 17.7 Å². The minimum atomic E-state index is -4.49. The van der Waals surface area contributed by atoms with E-state index in [0.29, 0.717) is 55.7 Å². The van der Waals surface area contributed by atoms with Crippen molar-refractivity contribution >= 4 is 5.91 Å². The van der Waals surface area contributed by atoms with Crippen LogP contribution in [0.25, 0.3) is 0 Å². The molecule has 1 aliphatic carbocycles. The van der Waals surface area contributed by atoms with Gasteiger partial charge in [0.25, 0.3) is 0 Å². The van der Waals surface area contributed by atoms with Crippen molar-refractivity contribution in [1.82, 2.24) is 4.90 Å². The number of carbonyl (C=O) groups is 1. The Bertz CT molecular complexity index is 1230. The fourth-order valence-electron chi connectivity index (χ4n) is 8.39. The average Bonchev–Trinajstić information content (AvgIpc) is 3.40. The summed E-state index contributed by atoms with van der Waals surface area (Å²) >= 11 is 0. The number of quaternary nitrogens is 2. The maximum atomic E-state index is 15.7. The molecule has 2 aromatic carbocycles. The van der Waals surface area contributed by atoms with E-state index in [1.54, 1.807) is 0 Å². The number of carbonyl (C=O) groups excluding carboxylic acids is 1. The summed E-state index contributed by atoms with van der Waals surface area (Å²) < 4.78 is 59.8. The van der Waals surface area contributed by atoms with Crippen LogP contribution in [0.2, 0.25) is 0 Å². The molecule has 9 heteroatoms. The van der Waals surface area contributed by atoms with Gasteiger partial charge in [-0.05, 0) is 55.2 Å². The minimum absolute atomic E-state index is 0.0657. The summed E-state index contributed by atoms with van der Waals surface area (Å²) in [6, 6.07) is 13.3. The lowest BCUT2D eigenvalue weighted by atomic mass is 9.67. The summed E-state index contributed by atoms with van der Waals surface area (Å²) in [6.45, 7) is 1.19. The van der Waals surface area contributed by atoms with Crippen LogP contribution in [0.1, 0.15) is 67.6 Å². The molecule has 1 saturated carbocycles. The van der Waals surface area contributed by atoms with Crippen molar-refractivity contribution in [3.8, 4) is 5.75 Å². The number of amides is 1. The molecule has 6 rings (SSSR count). The van der Waals surface area contributed by atoms with Crippen molar-refractivity contribution in [2.75, 3.05) is 32.8 Å². The molecule has 1 amide bonds. The first-order valence-corrected chi connectivity index (χ1v) is 15.3. The van der Waals surface area contributed by atoms with Crippen LogP contribution in [0.3, 0.4) is 0 Å². The summed E-state index contributed by atoms with van der Waals surface area (Å²) in [6.07, 6.45) is 3.22. The number of nitrogens with zero attached hydrogens (tertiary/aromatic N) is 1. The molecule has 2 saturated heterocycles. The molecule has 4 atom stereocenters. The molecule has 0 radical (unpaired) electrons. The van der Waals surface area contributed by atoms with Crippen LogP contribution in [0.15, 0.2) is 42.5 Å². The lowest BCUT2D eigenvalue weighted by molar-refractivity contribution is -0.691. The van der Waals surface area contributed by atoms with Gasteiger partial charge in [0.1, 0.15) is 29.4 Å². The van der Waals surface area contributed by atoms with Crippen LogP contribution in [0.4, 0.5) is 17.6 Å². The second kappa shape index (κ2) is 11.6. The molecule has 222 valence electrons. The van der Waals surface area contributed by atoms with Crippen molar-refractivity contribution in [2.45, 2.75) is 75.0 Å². The van der Waals surface area contributed by atoms with Gasteiger partial charge in [-0.1, -0.05) is 49.6 Å². The van der Waals surface area contributed by atoms with Crippen molar-refractivity contribution in [1.29, 1.82) is 0 Å². The first-order chi connectivity index (χ1) is 19.8. The van der Waals surface area contributed by atoms with Gasteiger partial charge >= 0.3 is 6.18 Å². The average molecular weight is 576 g/mol. The molecule has 4 N–H and O–H groups in total. The van der Waals surface area contributed by atoms with E-state index in [4.69, 9.17) is 4.74 Å². The van der Waals surface area contributed by atoms with Crippen LogP contribution in [0.5, 0.6) is 5.75 Å². The molecule has 3 aliphatic heterocycles.